The summed E-state index contributed by atoms with van der Waals surface area (Å²) >= 11 is 0. The van der Waals surface area contributed by atoms with Crippen molar-refractivity contribution in [2.24, 2.45) is 0 Å². The molecule has 19 heavy (non-hydrogen) atoms. The number of halogens is 1. The molecule has 0 aliphatic heterocycles. The van der Waals surface area contributed by atoms with Gasteiger partial charge in [-0.15, -0.1) is 12.4 Å². The Balaban J connectivity index is 0.00000180. The van der Waals surface area contributed by atoms with E-state index in [4.69, 9.17) is 0 Å². The standard InChI is InChI=1S/C15H22N2O.ClH/c1-2-16-11-12-17-14(18)15(9-6-10-15)13-7-4-3-5-8-13;/h3-5,7-8,16H,2,6,9-12H2,1H3,(H,17,18);1H. The van der Waals surface area contributed by atoms with Gasteiger partial charge in [0.05, 0.1) is 5.41 Å². The van der Waals surface area contributed by atoms with Crippen LogP contribution in [0.5, 0.6) is 0 Å². The second kappa shape index (κ2) is 7.51. The van der Waals surface area contributed by atoms with Crippen LogP contribution in [-0.4, -0.2) is 25.5 Å². The Bertz CT molecular complexity index is 390. The van der Waals surface area contributed by atoms with Gasteiger partial charge in [0, 0.05) is 13.1 Å². The number of rotatable bonds is 6. The molecular weight excluding hydrogens is 260 g/mol. The first-order valence-electron chi connectivity index (χ1n) is 6.84. The lowest BCUT2D eigenvalue weighted by Crippen LogP contribution is -2.50. The van der Waals surface area contributed by atoms with Gasteiger partial charge in [0.2, 0.25) is 5.91 Å². The fourth-order valence-electron chi connectivity index (χ4n) is 2.54. The lowest BCUT2D eigenvalue weighted by molar-refractivity contribution is -0.129. The van der Waals surface area contributed by atoms with Crippen LogP contribution in [0.4, 0.5) is 0 Å². The zero-order valence-corrected chi connectivity index (χ0v) is 12.3. The molecule has 0 bridgehead atoms. The maximum atomic E-state index is 12.4. The zero-order chi connectivity index (χ0) is 12.8. The van der Waals surface area contributed by atoms with Crippen LogP contribution < -0.4 is 10.6 Å². The Hall–Kier alpha value is -1.06. The normalized spacial score (nSPS) is 16.1. The van der Waals surface area contributed by atoms with E-state index in [1.807, 2.05) is 18.2 Å². The largest absolute Gasteiger partial charge is 0.354 e. The predicted octanol–water partition coefficient (Wildman–Crippen LogP) is 2.26. The van der Waals surface area contributed by atoms with Crippen molar-refractivity contribution < 1.29 is 4.79 Å². The molecule has 1 aromatic carbocycles. The van der Waals surface area contributed by atoms with Crippen molar-refractivity contribution in [1.82, 2.24) is 10.6 Å². The Morgan fingerprint density at radius 2 is 1.89 bits per heavy atom. The lowest BCUT2D eigenvalue weighted by atomic mass is 9.64. The molecule has 0 atom stereocenters. The molecule has 2 N–H and O–H groups in total. The molecule has 0 heterocycles. The number of likely N-dealkylation sites (N-methyl/N-ethyl adjacent to an activating group) is 1. The highest BCUT2D eigenvalue weighted by molar-refractivity contribution is 5.89. The summed E-state index contributed by atoms with van der Waals surface area (Å²) in [7, 11) is 0. The fourth-order valence-corrected chi connectivity index (χ4v) is 2.54. The second-order valence-corrected chi connectivity index (χ2v) is 4.91. The van der Waals surface area contributed by atoms with Crippen molar-refractivity contribution in [1.29, 1.82) is 0 Å². The van der Waals surface area contributed by atoms with Gasteiger partial charge in [-0.1, -0.05) is 43.7 Å². The average Bonchev–Trinajstić information content (AvgIpc) is 2.35. The first-order chi connectivity index (χ1) is 8.79. The maximum Gasteiger partial charge on any atom is 0.230 e. The summed E-state index contributed by atoms with van der Waals surface area (Å²) in [5, 5.41) is 6.27. The zero-order valence-electron chi connectivity index (χ0n) is 11.4. The summed E-state index contributed by atoms with van der Waals surface area (Å²) in [5.74, 6) is 0.192. The van der Waals surface area contributed by atoms with Crippen LogP contribution in [-0.2, 0) is 10.2 Å². The van der Waals surface area contributed by atoms with Crippen LogP contribution in [0.25, 0.3) is 0 Å². The van der Waals surface area contributed by atoms with E-state index in [9.17, 15) is 4.79 Å². The quantitative estimate of drug-likeness (QED) is 0.786. The number of hydrogen-bond acceptors (Lipinski definition) is 2. The van der Waals surface area contributed by atoms with E-state index >= 15 is 0 Å². The third-order valence-electron chi connectivity index (χ3n) is 3.81. The molecule has 0 spiro atoms. The first-order valence-corrected chi connectivity index (χ1v) is 6.84. The van der Waals surface area contributed by atoms with Gasteiger partial charge in [-0.3, -0.25) is 4.79 Å². The second-order valence-electron chi connectivity index (χ2n) is 4.91. The molecule has 0 aromatic heterocycles. The highest BCUT2D eigenvalue weighted by Crippen LogP contribution is 2.43. The molecule has 3 nitrogen and oxygen atoms in total. The van der Waals surface area contributed by atoms with Crippen LogP contribution in [0.2, 0.25) is 0 Å². The van der Waals surface area contributed by atoms with Gasteiger partial charge in [0.15, 0.2) is 0 Å². The maximum absolute atomic E-state index is 12.4. The van der Waals surface area contributed by atoms with Gasteiger partial charge >= 0.3 is 0 Å². The summed E-state index contributed by atoms with van der Waals surface area (Å²) < 4.78 is 0. The van der Waals surface area contributed by atoms with Crippen molar-refractivity contribution >= 4 is 18.3 Å². The Morgan fingerprint density at radius 1 is 1.21 bits per heavy atom. The first kappa shape index (κ1) is 16.0. The van der Waals surface area contributed by atoms with Crippen LogP contribution in [0.1, 0.15) is 31.7 Å². The average molecular weight is 283 g/mol. The minimum absolute atomic E-state index is 0. The van der Waals surface area contributed by atoms with Gasteiger partial charge in [-0.2, -0.15) is 0 Å². The lowest BCUT2D eigenvalue weighted by Gasteiger charge is -2.40. The molecule has 1 aliphatic rings. The molecule has 106 valence electrons. The van der Waals surface area contributed by atoms with E-state index < -0.39 is 0 Å². The summed E-state index contributed by atoms with van der Waals surface area (Å²) in [4.78, 5) is 12.4. The molecular formula is C15H23ClN2O. The molecule has 2 rings (SSSR count). The molecule has 1 aliphatic carbocycles. The van der Waals surface area contributed by atoms with Crippen molar-refractivity contribution in [2.45, 2.75) is 31.6 Å². The van der Waals surface area contributed by atoms with E-state index in [0.717, 1.165) is 37.9 Å². The summed E-state index contributed by atoms with van der Waals surface area (Å²) in [6.45, 7) is 4.56. The third kappa shape index (κ3) is 3.48. The summed E-state index contributed by atoms with van der Waals surface area (Å²) in [6.07, 6.45) is 3.10. The van der Waals surface area contributed by atoms with Gasteiger partial charge in [0.1, 0.15) is 0 Å². The van der Waals surface area contributed by atoms with E-state index in [-0.39, 0.29) is 23.7 Å². The fraction of sp³-hybridized carbons (Fsp3) is 0.533. The van der Waals surface area contributed by atoms with Crippen molar-refractivity contribution in [3.8, 4) is 0 Å². The van der Waals surface area contributed by atoms with Crippen LogP contribution in [0.15, 0.2) is 30.3 Å². The van der Waals surface area contributed by atoms with Crippen LogP contribution >= 0.6 is 12.4 Å². The summed E-state index contributed by atoms with van der Waals surface area (Å²) in [6, 6.07) is 10.2. The predicted molar refractivity (Wildman–Crippen MR) is 80.8 cm³/mol. The van der Waals surface area contributed by atoms with Gasteiger partial charge in [-0.05, 0) is 24.9 Å². The van der Waals surface area contributed by atoms with E-state index in [1.165, 1.54) is 0 Å². The molecule has 0 radical (unpaired) electrons. The molecule has 0 saturated heterocycles. The van der Waals surface area contributed by atoms with Crippen LogP contribution in [0.3, 0.4) is 0 Å². The van der Waals surface area contributed by atoms with E-state index in [0.29, 0.717) is 6.54 Å². The number of amides is 1. The van der Waals surface area contributed by atoms with Crippen LogP contribution in [0, 0.1) is 0 Å². The monoisotopic (exact) mass is 282 g/mol. The number of carbonyl (C=O) groups excluding carboxylic acids is 1. The molecule has 1 amide bonds. The Labute approximate surface area is 121 Å². The van der Waals surface area contributed by atoms with Gasteiger partial charge in [0.25, 0.3) is 0 Å². The molecule has 0 unspecified atom stereocenters. The number of carbonyl (C=O) groups is 1. The molecule has 1 saturated carbocycles. The van der Waals surface area contributed by atoms with Crippen molar-refractivity contribution in [3.05, 3.63) is 35.9 Å². The van der Waals surface area contributed by atoms with Gasteiger partial charge in [-0.25, -0.2) is 0 Å². The SMILES string of the molecule is CCNCCNC(=O)C1(c2ccccc2)CCC1.Cl. The minimum Gasteiger partial charge on any atom is -0.354 e. The highest BCUT2D eigenvalue weighted by atomic mass is 35.5. The molecule has 1 fully saturated rings. The third-order valence-corrected chi connectivity index (χ3v) is 3.81. The van der Waals surface area contributed by atoms with E-state index in [1.54, 1.807) is 0 Å². The Kier molecular flexibility index (Phi) is 6.32. The van der Waals surface area contributed by atoms with E-state index in [2.05, 4.69) is 29.7 Å². The smallest absolute Gasteiger partial charge is 0.230 e. The molecule has 1 aromatic rings. The van der Waals surface area contributed by atoms with Crippen molar-refractivity contribution in [3.63, 3.8) is 0 Å². The summed E-state index contributed by atoms with van der Waals surface area (Å²) in [5.41, 5.74) is 0.908. The molecule has 4 heteroatoms. The minimum atomic E-state index is -0.256. The van der Waals surface area contributed by atoms with Crippen molar-refractivity contribution in [2.75, 3.05) is 19.6 Å². The Morgan fingerprint density at radius 3 is 2.42 bits per heavy atom. The highest BCUT2D eigenvalue weighted by Gasteiger charge is 2.45. The number of benzene rings is 1. The topological polar surface area (TPSA) is 41.1 Å². The van der Waals surface area contributed by atoms with Gasteiger partial charge < -0.3 is 10.6 Å². The number of hydrogen-bond donors (Lipinski definition) is 2. The number of nitrogens with one attached hydrogen (secondary N) is 2.